The van der Waals surface area contributed by atoms with Crippen LogP contribution in [-0.4, -0.2) is 29.2 Å². The molecule has 2 rings (SSSR count). The van der Waals surface area contributed by atoms with Crippen LogP contribution in [0.1, 0.15) is 31.4 Å². The lowest BCUT2D eigenvalue weighted by atomic mass is 10.0. The zero-order valence-corrected chi connectivity index (χ0v) is 12.4. The average molecular weight is 290 g/mol. The molecule has 0 aliphatic heterocycles. The third kappa shape index (κ3) is 4.21. The van der Waals surface area contributed by atoms with Crippen LogP contribution in [0.15, 0.2) is 24.3 Å². The molecule has 21 heavy (non-hydrogen) atoms. The van der Waals surface area contributed by atoms with Crippen molar-refractivity contribution >= 4 is 12.0 Å². The zero-order valence-electron chi connectivity index (χ0n) is 12.4. The predicted octanol–water partition coefficient (Wildman–Crippen LogP) is 1.95. The number of hydrogen-bond acceptors (Lipinski definition) is 2. The van der Waals surface area contributed by atoms with Gasteiger partial charge < -0.3 is 15.7 Å². The van der Waals surface area contributed by atoms with E-state index in [1.54, 1.807) is 0 Å². The fourth-order valence-corrected chi connectivity index (χ4v) is 2.74. The van der Waals surface area contributed by atoms with Crippen LogP contribution in [0.4, 0.5) is 4.79 Å². The monoisotopic (exact) mass is 290 g/mol. The summed E-state index contributed by atoms with van der Waals surface area (Å²) < 4.78 is 0. The van der Waals surface area contributed by atoms with E-state index in [1.165, 1.54) is 11.1 Å². The maximum absolute atomic E-state index is 12.0. The number of carboxylic acids is 1. The molecule has 1 aliphatic rings. The molecule has 1 aromatic carbocycles. The van der Waals surface area contributed by atoms with Crippen LogP contribution in [0, 0.1) is 5.92 Å². The third-order valence-electron chi connectivity index (χ3n) is 3.70. The second-order valence-electron chi connectivity index (χ2n) is 6.01. The molecule has 0 heterocycles. The lowest BCUT2D eigenvalue weighted by Gasteiger charge is -2.19. The maximum atomic E-state index is 12.0. The lowest BCUT2D eigenvalue weighted by molar-refractivity contribution is -0.139. The minimum Gasteiger partial charge on any atom is -0.480 e. The van der Waals surface area contributed by atoms with Gasteiger partial charge in [0.2, 0.25) is 0 Å². The summed E-state index contributed by atoms with van der Waals surface area (Å²) in [5, 5.41) is 14.6. The Hall–Kier alpha value is -2.04. The fraction of sp³-hybridized carbons (Fsp3) is 0.500. The Bertz CT molecular complexity index is 503. The summed E-state index contributed by atoms with van der Waals surface area (Å²) in [4.78, 5) is 23.1. The van der Waals surface area contributed by atoms with Gasteiger partial charge in [-0.1, -0.05) is 38.1 Å². The van der Waals surface area contributed by atoms with Gasteiger partial charge in [-0.3, -0.25) is 0 Å². The molecular formula is C16H22N2O3. The van der Waals surface area contributed by atoms with E-state index in [2.05, 4.69) is 22.8 Å². The number of hydrogen-bond donors (Lipinski definition) is 3. The number of carboxylic acid groups (broad SMARTS) is 1. The summed E-state index contributed by atoms with van der Waals surface area (Å²) in [6, 6.07) is 6.90. The van der Waals surface area contributed by atoms with E-state index in [1.807, 2.05) is 26.0 Å². The van der Waals surface area contributed by atoms with Gasteiger partial charge in [0.25, 0.3) is 0 Å². The highest BCUT2D eigenvalue weighted by molar-refractivity contribution is 5.82. The molecule has 0 aromatic heterocycles. The van der Waals surface area contributed by atoms with Crippen LogP contribution in [0.25, 0.3) is 0 Å². The van der Waals surface area contributed by atoms with Crippen molar-refractivity contribution in [2.75, 3.05) is 0 Å². The summed E-state index contributed by atoms with van der Waals surface area (Å²) in [5.74, 6) is -0.782. The number of urea groups is 1. The van der Waals surface area contributed by atoms with Crippen molar-refractivity contribution in [3.8, 4) is 0 Å². The van der Waals surface area contributed by atoms with Crippen molar-refractivity contribution in [3.63, 3.8) is 0 Å². The fourth-order valence-electron chi connectivity index (χ4n) is 2.74. The van der Waals surface area contributed by atoms with E-state index < -0.39 is 18.0 Å². The van der Waals surface area contributed by atoms with Gasteiger partial charge in [-0.15, -0.1) is 0 Å². The Morgan fingerprint density at radius 3 is 2.29 bits per heavy atom. The molecule has 1 aliphatic carbocycles. The number of carbonyl (C=O) groups excluding carboxylic acids is 1. The molecule has 0 spiro atoms. The number of benzene rings is 1. The number of rotatable bonds is 5. The molecule has 3 N–H and O–H groups in total. The van der Waals surface area contributed by atoms with Crippen molar-refractivity contribution in [3.05, 3.63) is 35.4 Å². The van der Waals surface area contributed by atoms with E-state index >= 15 is 0 Å². The third-order valence-corrected chi connectivity index (χ3v) is 3.70. The molecule has 0 unspecified atom stereocenters. The standard InChI is InChI=1S/C16H22N2O3/c1-10(2)7-14(15(19)20)18-16(21)17-13-8-11-5-3-4-6-12(11)9-13/h3-6,10,13-14H,7-9H2,1-2H3,(H,19,20)(H2,17,18,21)/t14-/m0/s1. The van der Waals surface area contributed by atoms with Crippen LogP contribution in [0.5, 0.6) is 0 Å². The van der Waals surface area contributed by atoms with Crippen LogP contribution < -0.4 is 10.6 Å². The van der Waals surface area contributed by atoms with E-state index in [0.717, 1.165) is 12.8 Å². The Morgan fingerprint density at radius 2 is 1.81 bits per heavy atom. The van der Waals surface area contributed by atoms with Crippen LogP contribution in [0.3, 0.4) is 0 Å². The van der Waals surface area contributed by atoms with Crippen molar-refractivity contribution in [2.24, 2.45) is 5.92 Å². The van der Waals surface area contributed by atoms with E-state index in [4.69, 9.17) is 5.11 Å². The van der Waals surface area contributed by atoms with Gasteiger partial charge in [0.15, 0.2) is 0 Å². The van der Waals surface area contributed by atoms with Gasteiger partial charge in [-0.2, -0.15) is 0 Å². The predicted molar refractivity (Wildman–Crippen MR) is 80.2 cm³/mol. The zero-order chi connectivity index (χ0) is 15.4. The van der Waals surface area contributed by atoms with E-state index in [-0.39, 0.29) is 12.0 Å². The van der Waals surface area contributed by atoms with Gasteiger partial charge in [0.1, 0.15) is 6.04 Å². The number of aliphatic carboxylic acids is 1. The minimum atomic E-state index is -0.992. The molecular weight excluding hydrogens is 268 g/mol. The topological polar surface area (TPSA) is 78.4 Å². The van der Waals surface area contributed by atoms with Crippen LogP contribution in [-0.2, 0) is 17.6 Å². The molecule has 114 valence electrons. The lowest BCUT2D eigenvalue weighted by Crippen LogP contribution is -2.49. The summed E-state index contributed by atoms with van der Waals surface area (Å²) >= 11 is 0. The van der Waals surface area contributed by atoms with Gasteiger partial charge in [-0.25, -0.2) is 9.59 Å². The second-order valence-corrected chi connectivity index (χ2v) is 6.01. The average Bonchev–Trinajstić information content (AvgIpc) is 2.79. The van der Waals surface area contributed by atoms with Gasteiger partial charge in [-0.05, 0) is 36.3 Å². The van der Waals surface area contributed by atoms with Crippen LogP contribution >= 0.6 is 0 Å². The number of carbonyl (C=O) groups is 2. The quantitative estimate of drug-likeness (QED) is 0.775. The largest absolute Gasteiger partial charge is 0.480 e. The summed E-state index contributed by atoms with van der Waals surface area (Å²) in [6.07, 6.45) is 2.02. The summed E-state index contributed by atoms with van der Waals surface area (Å²) in [7, 11) is 0. The molecule has 1 atom stereocenters. The Balaban J connectivity index is 1.86. The van der Waals surface area contributed by atoms with Crippen molar-refractivity contribution < 1.29 is 14.7 Å². The van der Waals surface area contributed by atoms with Gasteiger partial charge in [0.05, 0.1) is 0 Å². The van der Waals surface area contributed by atoms with Crippen molar-refractivity contribution in [2.45, 2.75) is 45.2 Å². The molecule has 0 radical (unpaired) electrons. The number of fused-ring (bicyclic) bond motifs is 1. The first-order chi connectivity index (χ1) is 9.95. The van der Waals surface area contributed by atoms with E-state index in [0.29, 0.717) is 6.42 Å². The minimum absolute atomic E-state index is 0.0379. The van der Waals surface area contributed by atoms with Crippen molar-refractivity contribution in [1.82, 2.24) is 10.6 Å². The summed E-state index contributed by atoms with van der Waals surface area (Å²) in [5.41, 5.74) is 2.50. The highest BCUT2D eigenvalue weighted by atomic mass is 16.4. The smallest absolute Gasteiger partial charge is 0.326 e. The molecule has 0 fully saturated rings. The second kappa shape index (κ2) is 6.61. The number of nitrogens with one attached hydrogen (secondary N) is 2. The first-order valence-corrected chi connectivity index (χ1v) is 7.32. The van der Waals surface area contributed by atoms with Crippen molar-refractivity contribution in [1.29, 1.82) is 0 Å². The maximum Gasteiger partial charge on any atom is 0.326 e. The van der Waals surface area contributed by atoms with E-state index in [9.17, 15) is 9.59 Å². The SMILES string of the molecule is CC(C)C[C@H](NC(=O)NC1Cc2ccccc2C1)C(=O)O. The Morgan fingerprint density at radius 1 is 1.24 bits per heavy atom. The molecule has 5 nitrogen and oxygen atoms in total. The number of amides is 2. The normalized spacial score (nSPS) is 15.6. The van der Waals surface area contributed by atoms with Gasteiger partial charge in [0, 0.05) is 6.04 Å². The molecule has 1 aromatic rings. The van der Waals surface area contributed by atoms with Gasteiger partial charge >= 0.3 is 12.0 Å². The molecule has 0 bridgehead atoms. The Labute approximate surface area is 124 Å². The molecule has 5 heteroatoms. The van der Waals surface area contributed by atoms with Crippen LogP contribution in [0.2, 0.25) is 0 Å². The highest BCUT2D eigenvalue weighted by Gasteiger charge is 2.25. The molecule has 0 saturated heterocycles. The summed E-state index contributed by atoms with van der Waals surface area (Å²) in [6.45, 7) is 3.87. The Kier molecular flexibility index (Phi) is 4.83. The highest BCUT2D eigenvalue weighted by Crippen LogP contribution is 2.21. The molecule has 0 saturated carbocycles. The molecule has 2 amide bonds. The first kappa shape index (κ1) is 15.4. The first-order valence-electron chi connectivity index (χ1n) is 7.32.